The number of aromatic hydroxyl groups is 1. The topological polar surface area (TPSA) is 63.4 Å². The van der Waals surface area contributed by atoms with Crippen molar-refractivity contribution >= 4 is 5.69 Å². The largest absolute Gasteiger partial charge is 0.502 e. The van der Waals surface area contributed by atoms with Crippen molar-refractivity contribution < 1.29 is 10.0 Å². The van der Waals surface area contributed by atoms with Crippen LogP contribution in [-0.4, -0.2) is 10.0 Å². The molecule has 1 rings (SSSR count). The average molecular weight is 181 g/mol. The van der Waals surface area contributed by atoms with Gasteiger partial charge in [0.15, 0.2) is 5.75 Å². The molecular weight excluding hydrogens is 170 g/mol. The van der Waals surface area contributed by atoms with Crippen LogP contribution in [0.1, 0.15) is 18.1 Å². The Labute approximate surface area is 76.0 Å². The minimum Gasteiger partial charge on any atom is -0.502 e. The third-order valence-electron chi connectivity index (χ3n) is 1.89. The molecule has 0 bridgehead atoms. The van der Waals surface area contributed by atoms with Crippen molar-refractivity contribution in [2.24, 2.45) is 0 Å². The summed E-state index contributed by atoms with van der Waals surface area (Å²) in [6.07, 6.45) is 0.592. The van der Waals surface area contributed by atoms with Crippen LogP contribution in [0.3, 0.4) is 0 Å². The number of aryl methyl sites for hydroxylation is 2. The first kappa shape index (κ1) is 9.51. The van der Waals surface area contributed by atoms with Crippen molar-refractivity contribution in [3.05, 3.63) is 33.4 Å². The Kier molecular flexibility index (Phi) is 2.51. The van der Waals surface area contributed by atoms with E-state index in [2.05, 4.69) is 0 Å². The number of phenolic OH excluding ortho intramolecular Hbond substituents is 1. The van der Waals surface area contributed by atoms with E-state index in [4.69, 9.17) is 0 Å². The molecule has 70 valence electrons. The minimum absolute atomic E-state index is 0.210. The maximum atomic E-state index is 10.5. The number of nitrogens with zero attached hydrogens (tertiary/aromatic N) is 1. The number of rotatable bonds is 2. The van der Waals surface area contributed by atoms with Gasteiger partial charge < -0.3 is 5.11 Å². The molecule has 4 nitrogen and oxygen atoms in total. The normalized spacial score (nSPS) is 10.0. The summed E-state index contributed by atoms with van der Waals surface area (Å²) in [5.74, 6) is -0.210. The van der Waals surface area contributed by atoms with Crippen molar-refractivity contribution in [1.82, 2.24) is 0 Å². The summed E-state index contributed by atoms with van der Waals surface area (Å²) >= 11 is 0. The molecule has 0 heterocycles. The average Bonchev–Trinajstić information content (AvgIpc) is 2.08. The van der Waals surface area contributed by atoms with Gasteiger partial charge in [0, 0.05) is 11.6 Å². The molecule has 1 aromatic carbocycles. The standard InChI is InChI=1S/C9H11NO3/c1-3-7-4-6(2)5-8(9(7)11)10(12)13/h4-5,11H,3H2,1-2H3. The molecule has 0 aliphatic rings. The predicted molar refractivity (Wildman–Crippen MR) is 48.9 cm³/mol. The molecule has 0 fully saturated rings. The van der Waals surface area contributed by atoms with Gasteiger partial charge in [0.05, 0.1) is 4.92 Å². The molecule has 0 amide bonds. The maximum Gasteiger partial charge on any atom is 0.311 e. The fourth-order valence-corrected chi connectivity index (χ4v) is 1.24. The quantitative estimate of drug-likeness (QED) is 0.561. The van der Waals surface area contributed by atoms with Crippen LogP contribution in [0.15, 0.2) is 12.1 Å². The fourth-order valence-electron chi connectivity index (χ4n) is 1.24. The van der Waals surface area contributed by atoms with Crippen molar-refractivity contribution in [2.75, 3.05) is 0 Å². The van der Waals surface area contributed by atoms with Gasteiger partial charge in [-0.05, 0) is 18.9 Å². The summed E-state index contributed by atoms with van der Waals surface area (Å²) in [5.41, 5.74) is 1.20. The van der Waals surface area contributed by atoms with Crippen LogP contribution in [0.4, 0.5) is 5.69 Å². The third-order valence-corrected chi connectivity index (χ3v) is 1.89. The number of nitro benzene ring substituents is 1. The van der Waals surface area contributed by atoms with Crippen molar-refractivity contribution in [3.63, 3.8) is 0 Å². The molecule has 1 aromatic rings. The van der Waals surface area contributed by atoms with E-state index in [9.17, 15) is 15.2 Å². The summed E-state index contributed by atoms with van der Waals surface area (Å²) in [6, 6.07) is 3.12. The van der Waals surface area contributed by atoms with Crippen LogP contribution in [0.25, 0.3) is 0 Å². The lowest BCUT2D eigenvalue weighted by molar-refractivity contribution is -0.386. The van der Waals surface area contributed by atoms with E-state index in [1.54, 1.807) is 13.0 Å². The second-order valence-corrected chi connectivity index (χ2v) is 2.90. The number of hydrogen-bond donors (Lipinski definition) is 1. The van der Waals surface area contributed by atoms with Crippen LogP contribution in [-0.2, 0) is 6.42 Å². The Morgan fingerprint density at radius 3 is 2.62 bits per heavy atom. The third kappa shape index (κ3) is 1.77. The van der Waals surface area contributed by atoms with Crippen molar-refractivity contribution in [3.8, 4) is 5.75 Å². The highest BCUT2D eigenvalue weighted by Crippen LogP contribution is 2.31. The van der Waals surface area contributed by atoms with Crippen LogP contribution in [0.2, 0.25) is 0 Å². The molecule has 0 aromatic heterocycles. The van der Waals surface area contributed by atoms with Crippen molar-refractivity contribution in [1.29, 1.82) is 0 Å². The molecule has 1 N–H and O–H groups in total. The lowest BCUT2D eigenvalue weighted by Crippen LogP contribution is -1.93. The van der Waals surface area contributed by atoms with Crippen LogP contribution < -0.4 is 0 Å². The van der Waals surface area contributed by atoms with Gasteiger partial charge in [-0.25, -0.2) is 0 Å². The van der Waals surface area contributed by atoms with E-state index in [0.29, 0.717) is 12.0 Å². The van der Waals surface area contributed by atoms with Crippen LogP contribution in [0, 0.1) is 17.0 Å². The lowest BCUT2D eigenvalue weighted by Gasteiger charge is -2.03. The zero-order valence-corrected chi connectivity index (χ0v) is 7.57. The van der Waals surface area contributed by atoms with E-state index in [-0.39, 0.29) is 11.4 Å². The zero-order valence-electron chi connectivity index (χ0n) is 7.57. The minimum atomic E-state index is -0.568. The molecule has 0 spiro atoms. The lowest BCUT2D eigenvalue weighted by atomic mass is 10.1. The van der Waals surface area contributed by atoms with Gasteiger partial charge in [-0.1, -0.05) is 13.0 Å². The highest BCUT2D eigenvalue weighted by molar-refractivity contribution is 5.53. The summed E-state index contributed by atoms with van der Waals surface area (Å²) in [6.45, 7) is 3.61. The van der Waals surface area contributed by atoms with Crippen LogP contribution in [0.5, 0.6) is 5.75 Å². The smallest absolute Gasteiger partial charge is 0.311 e. The maximum absolute atomic E-state index is 10.5. The summed E-state index contributed by atoms with van der Waals surface area (Å²) in [5, 5.41) is 19.9. The number of phenols is 1. The highest BCUT2D eigenvalue weighted by Gasteiger charge is 2.16. The van der Waals surface area contributed by atoms with E-state index in [1.165, 1.54) is 6.07 Å². The summed E-state index contributed by atoms with van der Waals surface area (Å²) < 4.78 is 0. The predicted octanol–water partition coefficient (Wildman–Crippen LogP) is 2.17. The summed E-state index contributed by atoms with van der Waals surface area (Å²) in [7, 11) is 0. The van der Waals surface area contributed by atoms with E-state index < -0.39 is 4.92 Å². The Bertz CT molecular complexity index is 347. The second-order valence-electron chi connectivity index (χ2n) is 2.90. The van der Waals surface area contributed by atoms with Crippen LogP contribution >= 0.6 is 0 Å². The molecule has 0 saturated heterocycles. The Hall–Kier alpha value is -1.58. The van der Waals surface area contributed by atoms with Gasteiger partial charge in [-0.15, -0.1) is 0 Å². The Balaban J connectivity index is 3.35. The fraction of sp³-hybridized carbons (Fsp3) is 0.333. The summed E-state index contributed by atoms with van der Waals surface area (Å²) in [4.78, 5) is 9.92. The van der Waals surface area contributed by atoms with Gasteiger partial charge in [-0.2, -0.15) is 0 Å². The van der Waals surface area contributed by atoms with Gasteiger partial charge >= 0.3 is 5.69 Å². The molecule has 0 radical (unpaired) electrons. The molecule has 13 heavy (non-hydrogen) atoms. The van der Waals surface area contributed by atoms with E-state index in [1.807, 2.05) is 6.92 Å². The molecule has 4 heteroatoms. The monoisotopic (exact) mass is 181 g/mol. The van der Waals surface area contributed by atoms with E-state index >= 15 is 0 Å². The first-order valence-corrected chi connectivity index (χ1v) is 4.03. The van der Waals surface area contributed by atoms with Gasteiger partial charge in [0.1, 0.15) is 0 Å². The van der Waals surface area contributed by atoms with Gasteiger partial charge in [-0.3, -0.25) is 10.1 Å². The zero-order chi connectivity index (χ0) is 10.0. The Morgan fingerprint density at radius 2 is 2.15 bits per heavy atom. The molecule has 0 atom stereocenters. The number of benzene rings is 1. The molecule has 0 saturated carbocycles. The molecule has 0 aliphatic carbocycles. The molecular formula is C9H11NO3. The first-order chi connectivity index (χ1) is 6.06. The number of hydrogen-bond acceptors (Lipinski definition) is 3. The first-order valence-electron chi connectivity index (χ1n) is 4.03. The van der Waals surface area contributed by atoms with E-state index in [0.717, 1.165) is 5.56 Å². The SMILES string of the molecule is CCc1cc(C)cc([N+](=O)[O-])c1O. The Morgan fingerprint density at radius 1 is 1.54 bits per heavy atom. The highest BCUT2D eigenvalue weighted by atomic mass is 16.6. The number of nitro groups is 1. The molecule has 0 unspecified atom stereocenters. The second kappa shape index (κ2) is 3.43. The van der Waals surface area contributed by atoms with Gasteiger partial charge in [0.25, 0.3) is 0 Å². The van der Waals surface area contributed by atoms with Gasteiger partial charge in [0.2, 0.25) is 0 Å². The molecule has 0 aliphatic heterocycles. The van der Waals surface area contributed by atoms with Crippen molar-refractivity contribution in [2.45, 2.75) is 20.3 Å².